The molecule has 1 aliphatic rings. The van der Waals surface area contributed by atoms with E-state index in [1.54, 1.807) is 11.0 Å². The summed E-state index contributed by atoms with van der Waals surface area (Å²) in [7, 11) is 0. The van der Waals surface area contributed by atoms with E-state index in [1.165, 1.54) is 18.5 Å². The average Bonchev–Trinajstić information content (AvgIpc) is 2.66. The van der Waals surface area contributed by atoms with E-state index in [-0.39, 0.29) is 18.3 Å². The molecule has 1 amide bonds. The van der Waals surface area contributed by atoms with E-state index < -0.39 is 0 Å². The van der Waals surface area contributed by atoms with Gasteiger partial charge in [-0.2, -0.15) is 0 Å². The summed E-state index contributed by atoms with van der Waals surface area (Å²) in [5.74, 6) is 0.921. The second kappa shape index (κ2) is 6.95. The lowest BCUT2D eigenvalue weighted by atomic mass is 10.2. The zero-order chi connectivity index (χ0) is 17.9. The number of halogens is 1. The van der Waals surface area contributed by atoms with Gasteiger partial charge in [0.25, 0.3) is 5.91 Å². The van der Waals surface area contributed by atoms with Crippen molar-refractivity contribution in [1.29, 1.82) is 0 Å². The fraction of sp³-hybridized carbons (Fsp3) is 0.211. The molecule has 1 aliphatic heterocycles. The lowest BCUT2D eigenvalue weighted by molar-refractivity contribution is -0.121. The molecule has 6 nitrogen and oxygen atoms in total. The van der Waals surface area contributed by atoms with Gasteiger partial charge < -0.3 is 15.0 Å². The van der Waals surface area contributed by atoms with Gasteiger partial charge in [-0.1, -0.05) is 12.1 Å². The molecule has 0 fully saturated rings. The van der Waals surface area contributed by atoms with Crippen molar-refractivity contribution in [3.63, 3.8) is 0 Å². The molecular formula is C19H17FN4O2. The molecule has 2 heterocycles. The van der Waals surface area contributed by atoms with Gasteiger partial charge in [-0.3, -0.25) is 4.79 Å². The third-order valence-electron chi connectivity index (χ3n) is 4.26. The highest BCUT2D eigenvalue weighted by Gasteiger charge is 2.24. The first kappa shape index (κ1) is 16.3. The van der Waals surface area contributed by atoms with Gasteiger partial charge in [0.15, 0.2) is 6.61 Å². The lowest BCUT2D eigenvalue weighted by Crippen LogP contribution is -2.39. The summed E-state index contributed by atoms with van der Waals surface area (Å²) in [6.45, 7) is 1.21. The fourth-order valence-electron chi connectivity index (χ4n) is 3.01. The number of anilines is 2. The van der Waals surface area contributed by atoms with Crippen LogP contribution in [0.1, 0.15) is 6.42 Å². The topological polar surface area (TPSA) is 67.3 Å². The van der Waals surface area contributed by atoms with Gasteiger partial charge in [0, 0.05) is 18.5 Å². The van der Waals surface area contributed by atoms with E-state index in [2.05, 4.69) is 15.3 Å². The van der Waals surface area contributed by atoms with Crippen LogP contribution >= 0.6 is 0 Å². The third-order valence-corrected chi connectivity index (χ3v) is 4.26. The molecule has 0 bridgehead atoms. The van der Waals surface area contributed by atoms with Crippen LogP contribution in [0.5, 0.6) is 5.75 Å². The molecule has 0 aliphatic carbocycles. The van der Waals surface area contributed by atoms with Crippen molar-refractivity contribution in [3.8, 4) is 5.75 Å². The second-order valence-electron chi connectivity index (χ2n) is 5.97. The number of hydrogen-bond donors (Lipinski definition) is 1. The minimum Gasteiger partial charge on any atom is -0.482 e. The number of amides is 1. The van der Waals surface area contributed by atoms with E-state index >= 15 is 0 Å². The first-order valence-electron chi connectivity index (χ1n) is 8.39. The van der Waals surface area contributed by atoms with Crippen molar-refractivity contribution in [2.45, 2.75) is 6.42 Å². The summed E-state index contributed by atoms with van der Waals surface area (Å²) in [5.41, 5.74) is 1.47. The third kappa shape index (κ3) is 3.15. The zero-order valence-electron chi connectivity index (χ0n) is 14.0. The van der Waals surface area contributed by atoms with Crippen LogP contribution in [0, 0.1) is 5.82 Å². The van der Waals surface area contributed by atoms with E-state index in [0.717, 1.165) is 11.4 Å². The molecule has 0 atom stereocenters. The Balaban J connectivity index is 1.42. The maximum absolute atomic E-state index is 13.5. The first-order valence-corrected chi connectivity index (χ1v) is 8.39. The molecule has 2 aromatic carbocycles. The van der Waals surface area contributed by atoms with Crippen LogP contribution in [-0.2, 0) is 4.79 Å². The van der Waals surface area contributed by atoms with Crippen LogP contribution in [0.4, 0.5) is 15.9 Å². The Hall–Kier alpha value is -3.22. The van der Waals surface area contributed by atoms with Gasteiger partial charge in [0.05, 0.1) is 11.2 Å². The van der Waals surface area contributed by atoms with Crippen molar-refractivity contribution in [1.82, 2.24) is 9.97 Å². The van der Waals surface area contributed by atoms with E-state index in [0.29, 0.717) is 36.2 Å². The fourth-order valence-corrected chi connectivity index (χ4v) is 3.01. The summed E-state index contributed by atoms with van der Waals surface area (Å²) in [6.07, 6.45) is 2.16. The molecule has 26 heavy (non-hydrogen) atoms. The van der Waals surface area contributed by atoms with E-state index in [4.69, 9.17) is 4.74 Å². The molecule has 0 saturated heterocycles. The quantitative estimate of drug-likeness (QED) is 0.715. The Morgan fingerprint density at radius 3 is 3.00 bits per heavy atom. The number of nitrogens with one attached hydrogen (secondary N) is 1. The monoisotopic (exact) mass is 352 g/mol. The van der Waals surface area contributed by atoms with Gasteiger partial charge in [-0.05, 0) is 36.8 Å². The largest absolute Gasteiger partial charge is 0.482 e. The van der Waals surface area contributed by atoms with Gasteiger partial charge >= 0.3 is 0 Å². The van der Waals surface area contributed by atoms with Crippen molar-refractivity contribution < 1.29 is 13.9 Å². The number of ether oxygens (including phenoxy) is 1. The van der Waals surface area contributed by atoms with Gasteiger partial charge in [-0.15, -0.1) is 0 Å². The minimum atomic E-state index is -0.328. The standard InChI is InChI=1S/C19H17FN4O2/c20-13-6-7-15-14(10-13)19(23-12-22-15)21-8-3-9-24-16-4-1-2-5-17(16)26-11-18(24)25/h1-2,4-7,10,12H,3,8-9,11H2,(H,21,22,23). The van der Waals surface area contributed by atoms with Gasteiger partial charge in [-0.25, -0.2) is 14.4 Å². The van der Waals surface area contributed by atoms with Gasteiger partial charge in [0.1, 0.15) is 23.7 Å². The molecular weight excluding hydrogens is 335 g/mol. The number of carbonyl (C=O) groups excluding carboxylic acids is 1. The van der Waals surface area contributed by atoms with Crippen molar-refractivity contribution in [2.24, 2.45) is 0 Å². The molecule has 1 N–H and O–H groups in total. The number of fused-ring (bicyclic) bond motifs is 2. The highest BCUT2D eigenvalue weighted by atomic mass is 19.1. The predicted octanol–water partition coefficient (Wildman–Crippen LogP) is 3.00. The van der Waals surface area contributed by atoms with Crippen LogP contribution in [-0.4, -0.2) is 35.6 Å². The maximum atomic E-state index is 13.5. The number of para-hydroxylation sites is 2. The highest BCUT2D eigenvalue weighted by molar-refractivity contribution is 5.97. The number of aromatic nitrogens is 2. The predicted molar refractivity (Wildman–Crippen MR) is 96.9 cm³/mol. The van der Waals surface area contributed by atoms with Gasteiger partial charge in [0.2, 0.25) is 0 Å². The SMILES string of the molecule is O=C1COc2ccccc2N1CCCNc1ncnc2ccc(F)cc12. The molecule has 4 rings (SSSR count). The number of hydrogen-bond acceptors (Lipinski definition) is 5. The number of nitrogens with zero attached hydrogens (tertiary/aromatic N) is 3. The molecule has 132 valence electrons. The normalized spacial score (nSPS) is 13.4. The molecule has 1 aromatic heterocycles. The smallest absolute Gasteiger partial charge is 0.265 e. The summed E-state index contributed by atoms with van der Waals surface area (Å²) >= 11 is 0. The lowest BCUT2D eigenvalue weighted by Gasteiger charge is -2.29. The molecule has 0 saturated carbocycles. The second-order valence-corrected chi connectivity index (χ2v) is 5.97. The summed E-state index contributed by atoms with van der Waals surface area (Å²) in [4.78, 5) is 22.2. The molecule has 3 aromatic rings. The Morgan fingerprint density at radius 1 is 1.19 bits per heavy atom. The van der Waals surface area contributed by atoms with Crippen molar-refractivity contribution >= 4 is 28.3 Å². The van der Waals surface area contributed by atoms with E-state index in [1.807, 2.05) is 24.3 Å². The number of carbonyl (C=O) groups is 1. The Labute approximate surface area is 149 Å². The Kier molecular flexibility index (Phi) is 4.35. The molecule has 0 radical (unpaired) electrons. The van der Waals surface area contributed by atoms with E-state index in [9.17, 15) is 9.18 Å². The maximum Gasteiger partial charge on any atom is 0.265 e. The summed E-state index contributed by atoms with van der Waals surface area (Å²) in [5, 5.41) is 3.85. The Morgan fingerprint density at radius 2 is 2.08 bits per heavy atom. The summed E-state index contributed by atoms with van der Waals surface area (Å²) < 4.78 is 18.9. The number of rotatable bonds is 5. The van der Waals surface area contributed by atoms with Crippen molar-refractivity contribution in [2.75, 3.05) is 29.9 Å². The van der Waals surface area contributed by atoms with Crippen LogP contribution in [0.3, 0.4) is 0 Å². The Bertz CT molecular complexity index is 963. The molecule has 0 spiro atoms. The van der Waals surface area contributed by atoms with Crippen LogP contribution in [0.25, 0.3) is 10.9 Å². The van der Waals surface area contributed by atoms with Crippen LogP contribution < -0.4 is 15.0 Å². The minimum absolute atomic E-state index is 0.0558. The first-order chi connectivity index (χ1) is 12.7. The molecule has 7 heteroatoms. The zero-order valence-corrected chi connectivity index (χ0v) is 14.0. The van der Waals surface area contributed by atoms with Crippen LogP contribution in [0.2, 0.25) is 0 Å². The number of benzene rings is 2. The molecule has 0 unspecified atom stereocenters. The van der Waals surface area contributed by atoms with Crippen molar-refractivity contribution in [3.05, 3.63) is 54.6 Å². The average molecular weight is 352 g/mol. The summed E-state index contributed by atoms with van der Waals surface area (Å²) in [6, 6.07) is 11.9. The van der Waals surface area contributed by atoms with Crippen LogP contribution in [0.15, 0.2) is 48.8 Å². The highest BCUT2D eigenvalue weighted by Crippen LogP contribution is 2.31.